The lowest BCUT2D eigenvalue weighted by Crippen LogP contribution is -2.62. The van der Waals surface area contributed by atoms with Crippen LogP contribution in [0.15, 0.2) is 30.3 Å². The molecule has 0 spiro atoms. The smallest absolute Gasteiger partial charge is 0.338 e. The van der Waals surface area contributed by atoms with Gasteiger partial charge < -0.3 is 20.9 Å². The first kappa shape index (κ1) is 16.9. The molecule has 2 saturated heterocycles. The molecule has 1 aromatic rings. The second kappa shape index (κ2) is 6.88. The first-order chi connectivity index (χ1) is 11.5. The van der Waals surface area contributed by atoms with Gasteiger partial charge >= 0.3 is 11.9 Å². The van der Waals surface area contributed by atoms with Crippen molar-refractivity contribution in [3.63, 3.8) is 0 Å². The molecule has 0 amide bonds. The summed E-state index contributed by atoms with van der Waals surface area (Å²) in [6.07, 6.45) is 1.02. The van der Waals surface area contributed by atoms with Gasteiger partial charge in [-0.15, -0.1) is 0 Å². The summed E-state index contributed by atoms with van der Waals surface area (Å²) in [4.78, 5) is 26.7. The highest BCUT2D eigenvalue weighted by molar-refractivity contribution is 5.89. The van der Waals surface area contributed by atoms with Crippen LogP contribution in [0.1, 0.15) is 29.6 Å². The average Bonchev–Trinajstić information content (AvgIpc) is 2.90. The van der Waals surface area contributed by atoms with Gasteiger partial charge in [-0.3, -0.25) is 9.69 Å². The van der Waals surface area contributed by atoms with Gasteiger partial charge in [0.05, 0.1) is 12.7 Å². The predicted octanol–water partition coefficient (Wildman–Crippen LogP) is 0.439. The number of rotatable bonds is 4. The van der Waals surface area contributed by atoms with E-state index in [0.29, 0.717) is 12.0 Å². The van der Waals surface area contributed by atoms with Crippen molar-refractivity contribution in [2.24, 2.45) is 17.4 Å². The van der Waals surface area contributed by atoms with Crippen LogP contribution in [0.3, 0.4) is 0 Å². The molecule has 1 aromatic carbocycles. The Kier molecular flexibility index (Phi) is 4.84. The second-order valence-corrected chi connectivity index (χ2v) is 6.33. The van der Waals surface area contributed by atoms with Crippen LogP contribution in [0.5, 0.6) is 0 Å². The van der Waals surface area contributed by atoms with Gasteiger partial charge in [0.25, 0.3) is 0 Å². The zero-order valence-electron chi connectivity index (χ0n) is 13.6. The van der Waals surface area contributed by atoms with E-state index in [0.717, 1.165) is 12.8 Å². The summed E-state index contributed by atoms with van der Waals surface area (Å²) in [6.45, 7) is 0. The Morgan fingerprint density at radius 2 is 1.92 bits per heavy atom. The zero-order chi connectivity index (χ0) is 17.3. The number of piperidine rings is 1. The summed E-state index contributed by atoms with van der Waals surface area (Å²) in [6, 6.07) is 8.70. The molecule has 0 aliphatic carbocycles. The molecule has 2 fully saturated rings. The van der Waals surface area contributed by atoms with Gasteiger partial charge in [-0.25, -0.2) is 4.79 Å². The van der Waals surface area contributed by atoms with E-state index in [9.17, 15) is 9.59 Å². The van der Waals surface area contributed by atoms with Gasteiger partial charge in [-0.1, -0.05) is 18.2 Å². The fourth-order valence-corrected chi connectivity index (χ4v) is 4.01. The van der Waals surface area contributed by atoms with Crippen LogP contribution in [0.4, 0.5) is 0 Å². The topological polar surface area (TPSA) is 108 Å². The normalized spacial score (nSPS) is 29.5. The number of ether oxygens (including phenoxy) is 2. The average molecular weight is 333 g/mol. The number of methoxy groups -OCH3 is 1. The third kappa shape index (κ3) is 3.02. The van der Waals surface area contributed by atoms with Crippen molar-refractivity contribution >= 4 is 11.9 Å². The molecule has 2 bridgehead atoms. The number of nitrogens with two attached hydrogens (primary N) is 2. The van der Waals surface area contributed by atoms with Crippen molar-refractivity contribution in [1.82, 2.24) is 4.90 Å². The maximum Gasteiger partial charge on any atom is 0.338 e. The quantitative estimate of drug-likeness (QED) is 0.608. The molecule has 4 unspecified atom stereocenters. The van der Waals surface area contributed by atoms with E-state index in [1.165, 1.54) is 7.11 Å². The second-order valence-electron chi connectivity index (χ2n) is 6.33. The van der Waals surface area contributed by atoms with E-state index in [-0.39, 0.29) is 12.1 Å². The number of hydrogen-bond acceptors (Lipinski definition) is 7. The van der Waals surface area contributed by atoms with Crippen LogP contribution in [0.25, 0.3) is 0 Å². The Morgan fingerprint density at radius 1 is 1.21 bits per heavy atom. The molecule has 0 saturated carbocycles. The molecule has 7 nitrogen and oxygen atoms in total. The highest BCUT2D eigenvalue weighted by atomic mass is 16.6. The Morgan fingerprint density at radius 3 is 2.54 bits per heavy atom. The molecule has 2 aliphatic heterocycles. The van der Waals surface area contributed by atoms with Crippen LogP contribution < -0.4 is 11.5 Å². The SMILES string of the molecule is COC(=O)C1C(OC(=O)c2ccccc2)CC2CCC1N2C(N)N. The fourth-order valence-electron chi connectivity index (χ4n) is 4.01. The van der Waals surface area contributed by atoms with Crippen molar-refractivity contribution in [2.75, 3.05) is 7.11 Å². The molecule has 24 heavy (non-hydrogen) atoms. The summed E-state index contributed by atoms with van der Waals surface area (Å²) in [5.74, 6) is -1.40. The van der Waals surface area contributed by atoms with E-state index in [1.807, 2.05) is 11.0 Å². The lowest BCUT2D eigenvalue weighted by atomic mass is 9.87. The number of carbonyl (C=O) groups is 2. The fraction of sp³-hybridized carbons (Fsp3) is 0.529. The van der Waals surface area contributed by atoms with Crippen molar-refractivity contribution in [3.8, 4) is 0 Å². The number of nitrogens with zero attached hydrogens (tertiary/aromatic N) is 1. The highest BCUT2D eigenvalue weighted by Crippen LogP contribution is 2.41. The number of carbonyl (C=O) groups excluding carboxylic acids is 2. The minimum Gasteiger partial charge on any atom is -0.469 e. The van der Waals surface area contributed by atoms with E-state index < -0.39 is 30.3 Å². The molecule has 2 heterocycles. The molecule has 4 N–H and O–H groups in total. The van der Waals surface area contributed by atoms with Crippen molar-refractivity contribution < 1.29 is 19.1 Å². The lowest BCUT2D eigenvalue weighted by Gasteiger charge is -2.44. The maximum absolute atomic E-state index is 12.4. The number of esters is 2. The number of hydrogen-bond donors (Lipinski definition) is 2. The van der Waals surface area contributed by atoms with Gasteiger partial charge in [-0.05, 0) is 25.0 Å². The first-order valence-electron chi connectivity index (χ1n) is 8.15. The monoisotopic (exact) mass is 333 g/mol. The van der Waals surface area contributed by atoms with Gasteiger partial charge in [0.1, 0.15) is 18.3 Å². The standard InChI is InChI=1S/C17H23N3O4/c1-23-16(22)14-12-8-7-11(20(12)17(18)19)9-13(14)24-15(21)10-5-3-2-4-6-10/h2-6,11-14,17H,7-9,18-19H2,1H3. The van der Waals surface area contributed by atoms with E-state index in [1.54, 1.807) is 24.3 Å². The largest absolute Gasteiger partial charge is 0.469 e. The molecule has 0 aromatic heterocycles. The summed E-state index contributed by atoms with van der Waals surface area (Å²) in [5.41, 5.74) is 12.2. The number of fused-ring (bicyclic) bond motifs is 2. The highest BCUT2D eigenvalue weighted by Gasteiger charge is 2.53. The summed E-state index contributed by atoms with van der Waals surface area (Å²) < 4.78 is 10.6. The third-order valence-electron chi connectivity index (χ3n) is 5.01. The van der Waals surface area contributed by atoms with Crippen molar-refractivity contribution in [2.45, 2.75) is 43.7 Å². The molecule has 0 radical (unpaired) electrons. The Bertz CT molecular complexity index is 607. The summed E-state index contributed by atoms with van der Waals surface area (Å²) in [7, 11) is 1.34. The first-order valence-corrected chi connectivity index (χ1v) is 8.15. The maximum atomic E-state index is 12.4. The van der Waals surface area contributed by atoms with Crippen LogP contribution in [-0.2, 0) is 14.3 Å². The molecule has 4 atom stereocenters. The number of benzene rings is 1. The van der Waals surface area contributed by atoms with Gasteiger partial charge in [0, 0.05) is 18.5 Å². The molecule has 3 rings (SSSR count). The van der Waals surface area contributed by atoms with Gasteiger partial charge in [0.15, 0.2) is 0 Å². The molecule has 130 valence electrons. The van der Waals surface area contributed by atoms with Crippen LogP contribution in [0.2, 0.25) is 0 Å². The Hall–Kier alpha value is -1.96. The minimum absolute atomic E-state index is 0.115. The predicted molar refractivity (Wildman–Crippen MR) is 86.6 cm³/mol. The van der Waals surface area contributed by atoms with E-state index in [2.05, 4.69) is 0 Å². The Labute approximate surface area is 140 Å². The van der Waals surface area contributed by atoms with Crippen molar-refractivity contribution in [3.05, 3.63) is 35.9 Å². The van der Waals surface area contributed by atoms with Gasteiger partial charge in [0.2, 0.25) is 0 Å². The van der Waals surface area contributed by atoms with Crippen LogP contribution in [-0.4, -0.2) is 48.4 Å². The Balaban J connectivity index is 1.82. The minimum atomic E-state index is -0.638. The summed E-state index contributed by atoms with van der Waals surface area (Å²) >= 11 is 0. The lowest BCUT2D eigenvalue weighted by molar-refractivity contribution is -0.157. The molecule has 2 aliphatic rings. The third-order valence-corrected chi connectivity index (χ3v) is 5.01. The van der Waals surface area contributed by atoms with Gasteiger partial charge in [-0.2, -0.15) is 0 Å². The molecule has 7 heteroatoms. The molecular formula is C17H23N3O4. The van der Waals surface area contributed by atoms with E-state index >= 15 is 0 Å². The van der Waals surface area contributed by atoms with Crippen LogP contribution in [0, 0.1) is 5.92 Å². The zero-order valence-corrected chi connectivity index (χ0v) is 13.6. The van der Waals surface area contributed by atoms with Crippen LogP contribution >= 0.6 is 0 Å². The molecular weight excluding hydrogens is 310 g/mol. The van der Waals surface area contributed by atoms with E-state index in [4.69, 9.17) is 20.9 Å². The van der Waals surface area contributed by atoms with Crippen molar-refractivity contribution in [1.29, 1.82) is 0 Å². The summed E-state index contributed by atoms with van der Waals surface area (Å²) in [5, 5.41) is 0.